The van der Waals surface area contributed by atoms with Crippen molar-refractivity contribution < 1.29 is 9.90 Å². The average molecular weight is 251 g/mol. The Labute approximate surface area is 109 Å². The molecule has 3 N–H and O–H groups in total. The second kappa shape index (κ2) is 4.52. The third kappa shape index (κ3) is 1.97. The van der Waals surface area contributed by atoms with Gasteiger partial charge in [-0.2, -0.15) is 0 Å². The quantitative estimate of drug-likeness (QED) is 0.789. The fraction of sp³-hybridized carbons (Fsp3) is 0.933. The van der Waals surface area contributed by atoms with Crippen molar-refractivity contribution >= 4 is 5.97 Å². The van der Waals surface area contributed by atoms with Crippen LogP contribution < -0.4 is 5.73 Å². The van der Waals surface area contributed by atoms with Crippen LogP contribution in [0.2, 0.25) is 0 Å². The van der Waals surface area contributed by atoms with Crippen molar-refractivity contribution in [1.29, 1.82) is 0 Å². The molecular weight excluding hydrogens is 226 g/mol. The van der Waals surface area contributed by atoms with Crippen LogP contribution in [-0.4, -0.2) is 17.6 Å². The Bertz CT molecular complexity index is 339. The van der Waals surface area contributed by atoms with E-state index in [1.165, 1.54) is 38.5 Å². The summed E-state index contributed by atoms with van der Waals surface area (Å²) < 4.78 is 0. The number of hydrogen-bond donors (Lipinski definition) is 2. The molecule has 3 rings (SSSR count). The van der Waals surface area contributed by atoms with Gasteiger partial charge in [-0.05, 0) is 61.3 Å². The summed E-state index contributed by atoms with van der Waals surface area (Å²) in [6.07, 6.45) is 9.67. The molecular formula is C15H25NO2. The summed E-state index contributed by atoms with van der Waals surface area (Å²) >= 11 is 0. The summed E-state index contributed by atoms with van der Waals surface area (Å²) in [5.41, 5.74) is 5.84. The number of carboxylic acids is 1. The zero-order valence-corrected chi connectivity index (χ0v) is 11.1. The smallest absolute Gasteiger partial charge is 0.303 e. The Morgan fingerprint density at radius 3 is 2.61 bits per heavy atom. The molecule has 3 saturated carbocycles. The third-order valence-corrected chi connectivity index (χ3v) is 6.05. The summed E-state index contributed by atoms with van der Waals surface area (Å²) in [4.78, 5) is 11.0. The van der Waals surface area contributed by atoms with Gasteiger partial charge in [-0.25, -0.2) is 0 Å². The molecule has 4 atom stereocenters. The molecule has 3 aliphatic carbocycles. The Balaban J connectivity index is 1.58. The molecule has 3 heteroatoms. The topological polar surface area (TPSA) is 63.3 Å². The van der Waals surface area contributed by atoms with Gasteiger partial charge in [-0.3, -0.25) is 4.79 Å². The summed E-state index contributed by atoms with van der Waals surface area (Å²) in [7, 11) is 0. The van der Waals surface area contributed by atoms with E-state index < -0.39 is 5.97 Å². The van der Waals surface area contributed by atoms with Crippen molar-refractivity contribution in [2.45, 2.75) is 51.4 Å². The molecule has 0 radical (unpaired) electrons. The summed E-state index contributed by atoms with van der Waals surface area (Å²) in [5, 5.41) is 9.07. The van der Waals surface area contributed by atoms with E-state index in [1.807, 2.05) is 0 Å². The lowest BCUT2D eigenvalue weighted by Gasteiger charge is -2.51. The monoisotopic (exact) mass is 251 g/mol. The third-order valence-electron chi connectivity index (χ3n) is 6.05. The van der Waals surface area contributed by atoms with Crippen LogP contribution in [0.5, 0.6) is 0 Å². The number of hydrogen-bond acceptors (Lipinski definition) is 2. The van der Waals surface area contributed by atoms with E-state index in [-0.39, 0.29) is 5.41 Å². The van der Waals surface area contributed by atoms with Gasteiger partial charge >= 0.3 is 5.97 Å². The normalized spacial score (nSPS) is 43.1. The lowest BCUT2D eigenvalue weighted by Crippen LogP contribution is -2.51. The van der Waals surface area contributed by atoms with Crippen LogP contribution in [0.25, 0.3) is 0 Å². The first-order valence-corrected chi connectivity index (χ1v) is 7.55. The Kier molecular flexibility index (Phi) is 3.13. The molecule has 3 aliphatic rings. The number of rotatable bonds is 5. The molecule has 0 aromatic carbocycles. The molecule has 3 fully saturated rings. The van der Waals surface area contributed by atoms with Gasteiger partial charge in [0.15, 0.2) is 0 Å². The van der Waals surface area contributed by atoms with E-state index in [1.54, 1.807) is 0 Å². The van der Waals surface area contributed by atoms with Gasteiger partial charge in [0.2, 0.25) is 0 Å². The van der Waals surface area contributed by atoms with Crippen molar-refractivity contribution in [3.05, 3.63) is 0 Å². The Morgan fingerprint density at radius 1 is 1.28 bits per heavy atom. The first-order valence-electron chi connectivity index (χ1n) is 7.55. The maximum atomic E-state index is 11.0. The molecule has 0 aliphatic heterocycles. The zero-order chi connectivity index (χ0) is 12.8. The number of carboxylic acid groups (broad SMARTS) is 1. The highest BCUT2D eigenvalue weighted by molar-refractivity contribution is 5.68. The fourth-order valence-corrected chi connectivity index (χ4v) is 4.93. The standard InChI is InChI=1S/C15H25NO2/c16-9-15(8-14(17)18)7-12-5-11(6-13(12)15)4-10-2-1-3-10/h10-13H,1-9,16H2,(H,17,18)/t11-,12-,13-,15-/m1/s1. The number of carbonyl (C=O) groups is 1. The average Bonchev–Trinajstić information content (AvgIpc) is 2.59. The zero-order valence-electron chi connectivity index (χ0n) is 11.1. The molecule has 102 valence electrons. The molecule has 18 heavy (non-hydrogen) atoms. The summed E-state index contributed by atoms with van der Waals surface area (Å²) in [6, 6.07) is 0. The Hall–Kier alpha value is -0.570. The van der Waals surface area contributed by atoms with Gasteiger partial charge in [0.1, 0.15) is 0 Å². The summed E-state index contributed by atoms with van der Waals surface area (Å²) in [5.74, 6) is 2.59. The van der Waals surface area contributed by atoms with Crippen LogP contribution in [0.3, 0.4) is 0 Å². The minimum atomic E-state index is -0.665. The first kappa shape index (κ1) is 12.5. The molecule has 3 nitrogen and oxygen atoms in total. The van der Waals surface area contributed by atoms with Crippen LogP contribution in [-0.2, 0) is 4.79 Å². The van der Waals surface area contributed by atoms with Crippen molar-refractivity contribution in [3.63, 3.8) is 0 Å². The molecule has 0 unspecified atom stereocenters. The maximum Gasteiger partial charge on any atom is 0.303 e. The van der Waals surface area contributed by atoms with Gasteiger partial charge in [-0.1, -0.05) is 19.3 Å². The maximum absolute atomic E-state index is 11.0. The Morgan fingerprint density at radius 2 is 2.06 bits per heavy atom. The van der Waals surface area contributed by atoms with Crippen LogP contribution in [0.4, 0.5) is 0 Å². The molecule has 0 aromatic heterocycles. The highest BCUT2D eigenvalue weighted by Gasteiger charge is 2.57. The van der Waals surface area contributed by atoms with E-state index in [9.17, 15) is 4.79 Å². The van der Waals surface area contributed by atoms with Gasteiger partial charge < -0.3 is 10.8 Å². The molecule has 0 bridgehead atoms. The highest BCUT2D eigenvalue weighted by atomic mass is 16.4. The van der Waals surface area contributed by atoms with E-state index in [4.69, 9.17) is 10.8 Å². The van der Waals surface area contributed by atoms with Gasteiger partial charge in [0, 0.05) is 0 Å². The van der Waals surface area contributed by atoms with E-state index in [0.29, 0.717) is 18.9 Å². The van der Waals surface area contributed by atoms with Gasteiger partial charge in [-0.15, -0.1) is 0 Å². The fourth-order valence-electron chi connectivity index (χ4n) is 4.93. The predicted molar refractivity (Wildman–Crippen MR) is 70.0 cm³/mol. The largest absolute Gasteiger partial charge is 0.481 e. The van der Waals surface area contributed by atoms with Crippen LogP contribution >= 0.6 is 0 Å². The molecule has 0 aromatic rings. The van der Waals surface area contributed by atoms with E-state index in [0.717, 1.165) is 24.2 Å². The molecule has 0 heterocycles. The second-order valence-corrected chi connectivity index (χ2v) is 7.08. The second-order valence-electron chi connectivity index (χ2n) is 7.08. The van der Waals surface area contributed by atoms with Crippen LogP contribution in [0.15, 0.2) is 0 Å². The van der Waals surface area contributed by atoms with Gasteiger partial charge in [0.05, 0.1) is 6.42 Å². The van der Waals surface area contributed by atoms with Crippen LogP contribution in [0.1, 0.15) is 51.4 Å². The van der Waals surface area contributed by atoms with Gasteiger partial charge in [0.25, 0.3) is 0 Å². The van der Waals surface area contributed by atoms with Crippen molar-refractivity contribution in [2.24, 2.45) is 34.8 Å². The lowest BCUT2D eigenvalue weighted by molar-refractivity contribution is -0.145. The summed E-state index contributed by atoms with van der Waals surface area (Å²) in [6.45, 7) is 0.566. The minimum Gasteiger partial charge on any atom is -0.481 e. The number of aliphatic carboxylic acids is 1. The minimum absolute atomic E-state index is 0.0507. The van der Waals surface area contributed by atoms with Crippen molar-refractivity contribution in [1.82, 2.24) is 0 Å². The first-order chi connectivity index (χ1) is 8.63. The van der Waals surface area contributed by atoms with Crippen molar-refractivity contribution in [3.8, 4) is 0 Å². The molecule has 0 saturated heterocycles. The lowest BCUT2D eigenvalue weighted by atomic mass is 9.53. The SMILES string of the molecule is NC[C@]1(CC(=O)O)C[C@H]2C[C@@H](CC3CCC3)C[C@H]21. The number of nitrogens with two attached hydrogens (primary N) is 1. The number of fused-ring (bicyclic) bond motifs is 1. The molecule has 0 spiro atoms. The van der Waals surface area contributed by atoms with E-state index >= 15 is 0 Å². The predicted octanol–water partition coefficient (Wildman–Crippen LogP) is 2.64. The molecule has 0 amide bonds. The highest BCUT2D eigenvalue weighted by Crippen LogP contribution is 2.62. The van der Waals surface area contributed by atoms with Crippen LogP contribution in [0, 0.1) is 29.1 Å². The van der Waals surface area contributed by atoms with E-state index in [2.05, 4.69) is 0 Å². The van der Waals surface area contributed by atoms with Crippen molar-refractivity contribution in [2.75, 3.05) is 6.54 Å².